The normalized spacial score (nSPS) is 12.3. The Morgan fingerprint density at radius 3 is 2.56 bits per heavy atom. The second-order valence-electron chi connectivity index (χ2n) is 4.28. The first-order valence-corrected chi connectivity index (χ1v) is 5.39. The fraction of sp³-hybridized carbons (Fsp3) is 0.333. The number of rotatable bonds is 2. The van der Waals surface area contributed by atoms with E-state index in [4.69, 9.17) is 0 Å². The number of benzene rings is 1. The molecule has 1 aromatic heterocycles. The smallest absolute Gasteiger partial charge is 0.328 e. The monoisotopic (exact) mass is 256 g/mol. The highest BCUT2D eigenvalue weighted by Crippen LogP contribution is 2.24. The van der Waals surface area contributed by atoms with Crippen LogP contribution in [0.5, 0.6) is 0 Å². The minimum absolute atomic E-state index is 0.152. The van der Waals surface area contributed by atoms with Gasteiger partial charge in [-0.15, -0.1) is 0 Å². The van der Waals surface area contributed by atoms with Gasteiger partial charge in [-0.3, -0.25) is 4.79 Å². The number of imidazole rings is 1. The van der Waals surface area contributed by atoms with Crippen molar-refractivity contribution in [3.63, 3.8) is 0 Å². The number of hydrogen-bond donors (Lipinski definition) is 0. The average Bonchev–Trinajstić information content (AvgIpc) is 2.69. The Morgan fingerprint density at radius 1 is 1.33 bits per heavy atom. The Bertz CT molecular complexity index is 599. The molecule has 2 aromatic rings. The van der Waals surface area contributed by atoms with Crippen LogP contribution in [-0.4, -0.2) is 21.5 Å². The molecule has 0 aliphatic carbocycles. The van der Waals surface area contributed by atoms with Crippen LogP contribution in [0.15, 0.2) is 24.5 Å². The molecule has 0 saturated heterocycles. The van der Waals surface area contributed by atoms with E-state index in [1.807, 2.05) is 18.4 Å². The molecule has 0 aliphatic heterocycles. The van der Waals surface area contributed by atoms with E-state index < -0.39 is 12.0 Å². The number of aromatic nitrogens is 2. The first-order valence-electron chi connectivity index (χ1n) is 5.39. The Labute approximate surface area is 101 Å². The van der Waals surface area contributed by atoms with Crippen molar-refractivity contribution in [3.8, 4) is 0 Å². The molecule has 96 valence electrons. The number of nitrogens with zero attached hydrogens (tertiary/aromatic N) is 2. The van der Waals surface area contributed by atoms with E-state index >= 15 is 0 Å². The number of Topliss-reactive ketones (excluding diaryl/α,β-unsaturated/α-hetero) is 1. The first-order chi connectivity index (χ1) is 8.30. The van der Waals surface area contributed by atoms with Gasteiger partial charge in [0.25, 0.3) is 5.78 Å². The van der Waals surface area contributed by atoms with Crippen LogP contribution in [0.4, 0.5) is 13.2 Å². The van der Waals surface area contributed by atoms with E-state index in [-0.39, 0.29) is 11.6 Å². The fourth-order valence-corrected chi connectivity index (χ4v) is 1.75. The van der Waals surface area contributed by atoms with Crippen molar-refractivity contribution in [1.29, 1.82) is 0 Å². The van der Waals surface area contributed by atoms with Gasteiger partial charge in [-0.25, -0.2) is 4.98 Å². The maximum absolute atomic E-state index is 12.3. The van der Waals surface area contributed by atoms with E-state index in [0.29, 0.717) is 11.0 Å². The minimum Gasteiger partial charge on any atom is -0.328 e. The number of alkyl halides is 3. The van der Waals surface area contributed by atoms with Gasteiger partial charge in [-0.2, -0.15) is 13.2 Å². The average molecular weight is 256 g/mol. The molecule has 0 spiro atoms. The van der Waals surface area contributed by atoms with Crippen LogP contribution in [0.3, 0.4) is 0 Å². The number of halogens is 3. The van der Waals surface area contributed by atoms with Crippen molar-refractivity contribution < 1.29 is 18.0 Å². The van der Waals surface area contributed by atoms with E-state index in [1.165, 1.54) is 18.2 Å². The highest BCUT2D eigenvalue weighted by molar-refractivity contribution is 6.02. The van der Waals surface area contributed by atoms with Crippen LogP contribution in [0.1, 0.15) is 30.2 Å². The molecule has 1 heterocycles. The lowest BCUT2D eigenvalue weighted by Gasteiger charge is -2.08. The lowest BCUT2D eigenvalue weighted by Crippen LogP contribution is -2.22. The predicted octanol–water partition coefficient (Wildman–Crippen LogP) is 3.36. The van der Waals surface area contributed by atoms with Crippen LogP contribution in [0.25, 0.3) is 11.0 Å². The third kappa shape index (κ3) is 2.10. The van der Waals surface area contributed by atoms with Gasteiger partial charge in [0.05, 0.1) is 17.4 Å². The van der Waals surface area contributed by atoms with Gasteiger partial charge in [0.2, 0.25) is 0 Å². The molecule has 0 saturated carbocycles. The molecule has 6 heteroatoms. The molecule has 0 unspecified atom stereocenters. The highest BCUT2D eigenvalue weighted by Gasteiger charge is 2.39. The molecule has 0 radical (unpaired) electrons. The summed E-state index contributed by atoms with van der Waals surface area (Å²) in [6.07, 6.45) is -3.30. The molecule has 0 bridgehead atoms. The standard InChI is InChI=1S/C12H11F3N2O/c1-7(2)17-6-16-9-5-8(3-4-10(9)17)11(18)12(13,14)15/h3-7H,1-2H3. The Morgan fingerprint density at radius 2 is 2.00 bits per heavy atom. The van der Waals surface area contributed by atoms with E-state index in [1.54, 1.807) is 6.33 Å². The Kier molecular flexibility index (Phi) is 2.88. The molecular formula is C12H11F3N2O. The summed E-state index contributed by atoms with van der Waals surface area (Å²) >= 11 is 0. The second-order valence-corrected chi connectivity index (χ2v) is 4.28. The minimum atomic E-state index is -4.85. The van der Waals surface area contributed by atoms with Crippen LogP contribution in [0.2, 0.25) is 0 Å². The van der Waals surface area contributed by atoms with Crippen LogP contribution in [-0.2, 0) is 0 Å². The molecule has 0 fully saturated rings. The number of fused-ring (bicyclic) bond motifs is 1. The summed E-state index contributed by atoms with van der Waals surface area (Å²) in [6, 6.07) is 3.99. The number of carbonyl (C=O) groups is 1. The maximum Gasteiger partial charge on any atom is 0.454 e. The van der Waals surface area contributed by atoms with Gasteiger partial charge in [0, 0.05) is 11.6 Å². The molecule has 0 N–H and O–H groups in total. The van der Waals surface area contributed by atoms with Gasteiger partial charge in [0.1, 0.15) is 0 Å². The fourth-order valence-electron chi connectivity index (χ4n) is 1.75. The topological polar surface area (TPSA) is 34.9 Å². The zero-order chi connectivity index (χ0) is 13.5. The Balaban J connectivity index is 2.50. The van der Waals surface area contributed by atoms with Gasteiger partial charge in [-0.05, 0) is 32.0 Å². The highest BCUT2D eigenvalue weighted by atomic mass is 19.4. The van der Waals surface area contributed by atoms with Gasteiger partial charge < -0.3 is 4.57 Å². The van der Waals surface area contributed by atoms with Crippen LogP contribution < -0.4 is 0 Å². The lowest BCUT2D eigenvalue weighted by molar-refractivity contribution is -0.0885. The SMILES string of the molecule is CC(C)n1cnc2cc(C(=O)C(F)(F)F)ccc21. The summed E-state index contributed by atoms with van der Waals surface area (Å²) in [5.74, 6) is -1.84. The lowest BCUT2D eigenvalue weighted by atomic mass is 10.1. The quantitative estimate of drug-likeness (QED) is 0.772. The number of carbonyl (C=O) groups excluding carboxylic acids is 1. The van der Waals surface area contributed by atoms with Gasteiger partial charge >= 0.3 is 6.18 Å². The summed E-state index contributed by atoms with van der Waals surface area (Å²) in [4.78, 5) is 15.1. The number of hydrogen-bond acceptors (Lipinski definition) is 2. The summed E-state index contributed by atoms with van der Waals surface area (Å²) in [7, 11) is 0. The third-order valence-electron chi connectivity index (χ3n) is 2.65. The molecule has 0 atom stereocenters. The molecule has 0 amide bonds. The van der Waals surface area contributed by atoms with E-state index in [0.717, 1.165) is 0 Å². The first kappa shape index (κ1) is 12.6. The maximum atomic E-state index is 12.3. The Hall–Kier alpha value is -1.85. The van der Waals surface area contributed by atoms with Crippen molar-refractivity contribution in [2.24, 2.45) is 0 Å². The van der Waals surface area contributed by atoms with Crippen molar-refractivity contribution in [1.82, 2.24) is 9.55 Å². The van der Waals surface area contributed by atoms with Crippen LogP contribution in [0, 0.1) is 0 Å². The molecule has 3 nitrogen and oxygen atoms in total. The third-order valence-corrected chi connectivity index (χ3v) is 2.65. The van der Waals surface area contributed by atoms with Crippen molar-refractivity contribution >= 4 is 16.8 Å². The zero-order valence-corrected chi connectivity index (χ0v) is 9.82. The van der Waals surface area contributed by atoms with E-state index in [9.17, 15) is 18.0 Å². The summed E-state index contributed by atoms with van der Waals surface area (Å²) in [5, 5.41) is 0. The van der Waals surface area contributed by atoms with Gasteiger partial charge in [0.15, 0.2) is 0 Å². The van der Waals surface area contributed by atoms with Gasteiger partial charge in [-0.1, -0.05) is 0 Å². The molecule has 0 aliphatic rings. The second kappa shape index (κ2) is 4.12. The predicted molar refractivity (Wildman–Crippen MR) is 60.5 cm³/mol. The van der Waals surface area contributed by atoms with Crippen molar-refractivity contribution in [2.45, 2.75) is 26.1 Å². The molecule has 18 heavy (non-hydrogen) atoms. The zero-order valence-electron chi connectivity index (χ0n) is 9.82. The molecule has 2 rings (SSSR count). The summed E-state index contributed by atoms with van der Waals surface area (Å²) in [6.45, 7) is 3.88. The molecular weight excluding hydrogens is 245 g/mol. The van der Waals surface area contributed by atoms with Crippen LogP contribution >= 0.6 is 0 Å². The van der Waals surface area contributed by atoms with Crippen molar-refractivity contribution in [2.75, 3.05) is 0 Å². The molecule has 1 aromatic carbocycles. The summed E-state index contributed by atoms with van der Waals surface area (Å²) in [5.41, 5.74) is 0.714. The largest absolute Gasteiger partial charge is 0.454 e. The summed E-state index contributed by atoms with van der Waals surface area (Å²) < 4.78 is 38.7. The van der Waals surface area contributed by atoms with E-state index in [2.05, 4.69) is 4.98 Å². The number of ketones is 1. The van der Waals surface area contributed by atoms with Crippen molar-refractivity contribution in [3.05, 3.63) is 30.1 Å².